The first kappa shape index (κ1) is 21.7. The topological polar surface area (TPSA) is 80.8 Å². The van der Waals surface area contributed by atoms with Crippen LogP contribution in [-0.2, 0) is 11.8 Å². The highest BCUT2D eigenvalue weighted by molar-refractivity contribution is 5.99. The van der Waals surface area contributed by atoms with Gasteiger partial charge < -0.3 is 24.8 Å². The fourth-order valence-electron chi connectivity index (χ4n) is 5.15. The second-order valence-electron chi connectivity index (χ2n) is 9.07. The zero-order chi connectivity index (χ0) is 22.1. The van der Waals surface area contributed by atoms with Gasteiger partial charge in [0.05, 0.1) is 18.7 Å². The minimum Gasteiger partial charge on any atom is -0.497 e. The Morgan fingerprint density at radius 3 is 2.55 bits per heavy atom. The van der Waals surface area contributed by atoms with Crippen molar-refractivity contribution in [3.8, 4) is 5.75 Å². The first-order valence-electron chi connectivity index (χ1n) is 11.4. The summed E-state index contributed by atoms with van der Waals surface area (Å²) in [6.07, 6.45) is 5.68. The summed E-state index contributed by atoms with van der Waals surface area (Å²) in [5, 5.41) is 1.01. The normalized spacial score (nSPS) is 21.4. The van der Waals surface area contributed by atoms with Crippen LogP contribution in [0.2, 0.25) is 0 Å². The van der Waals surface area contributed by atoms with Crippen molar-refractivity contribution in [1.82, 2.24) is 14.4 Å². The van der Waals surface area contributed by atoms with E-state index in [1.165, 1.54) is 19.3 Å². The van der Waals surface area contributed by atoms with Crippen LogP contribution in [0.5, 0.6) is 5.75 Å². The van der Waals surface area contributed by atoms with Crippen molar-refractivity contribution in [1.29, 1.82) is 0 Å². The van der Waals surface area contributed by atoms with Gasteiger partial charge in [0.1, 0.15) is 11.4 Å². The quantitative estimate of drug-likeness (QED) is 0.815. The lowest BCUT2D eigenvalue weighted by Crippen LogP contribution is -2.59. The molecule has 7 heteroatoms. The van der Waals surface area contributed by atoms with E-state index < -0.39 is 6.04 Å². The van der Waals surface area contributed by atoms with Crippen molar-refractivity contribution >= 4 is 22.7 Å². The molecule has 1 saturated carbocycles. The summed E-state index contributed by atoms with van der Waals surface area (Å²) in [6, 6.07) is 7.27. The minimum atomic E-state index is -0.414. The Morgan fingerprint density at radius 1 is 1.13 bits per heavy atom. The highest BCUT2D eigenvalue weighted by Crippen LogP contribution is 2.28. The molecule has 1 aliphatic heterocycles. The molecular formula is C24H34N4O3. The predicted octanol–water partition coefficient (Wildman–Crippen LogP) is 2.77. The predicted molar refractivity (Wildman–Crippen MR) is 121 cm³/mol. The van der Waals surface area contributed by atoms with Crippen LogP contribution in [0.3, 0.4) is 0 Å². The molecule has 2 aromatic rings. The maximum absolute atomic E-state index is 13.4. The Morgan fingerprint density at radius 2 is 1.87 bits per heavy atom. The molecule has 2 N–H and O–H groups in total. The van der Waals surface area contributed by atoms with Crippen LogP contribution in [-0.4, -0.2) is 65.0 Å². The van der Waals surface area contributed by atoms with E-state index in [0.29, 0.717) is 31.2 Å². The molecule has 2 atom stereocenters. The van der Waals surface area contributed by atoms with E-state index >= 15 is 0 Å². The van der Waals surface area contributed by atoms with Gasteiger partial charge >= 0.3 is 0 Å². The van der Waals surface area contributed by atoms with Crippen LogP contribution in [0, 0.1) is 5.92 Å². The largest absolute Gasteiger partial charge is 0.497 e. The number of nitrogens with zero attached hydrogens (tertiary/aromatic N) is 3. The third-order valence-electron chi connectivity index (χ3n) is 7.11. The summed E-state index contributed by atoms with van der Waals surface area (Å²) in [5.41, 5.74) is 7.96. The zero-order valence-corrected chi connectivity index (χ0v) is 18.8. The highest BCUT2D eigenvalue weighted by atomic mass is 16.5. The molecule has 4 rings (SSSR count). The second kappa shape index (κ2) is 8.91. The number of ether oxygens (including phenoxy) is 1. The molecule has 2 aliphatic rings. The zero-order valence-electron chi connectivity index (χ0n) is 18.8. The van der Waals surface area contributed by atoms with Gasteiger partial charge in [-0.1, -0.05) is 19.3 Å². The Kier molecular flexibility index (Phi) is 6.23. The molecule has 1 unspecified atom stereocenters. The van der Waals surface area contributed by atoms with Gasteiger partial charge in [-0.15, -0.1) is 0 Å². The molecule has 1 saturated heterocycles. The number of nitrogens with two attached hydrogens (primary N) is 1. The van der Waals surface area contributed by atoms with Crippen molar-refractivity contribution in [2.75, 3.05) is 26.7 Å². The number of benzene rings is 1. The van der Waals surface area contributed by atoms with Crippen LogP contribution in [0.15, 0.2) is 24.3 Å². The van der Waals surface area contributed by atoms with Gasteiger partial charge in [0.25, 0.3) is 5.91 Å². The lowest BCUT2D eigenvalue weighted by Gasteiger charge is -2.41. The molecular weight excluding hydrogens is 392 g/mol. The van der Waals surface area contributed by atoms with Crippen molar-refractivity contribution in [2.24, 2.45) is 18.7 Å². The van der Waals surface area contributed by atoms with E-state index in [2.05, 4.69) is 0 Å². The Balaban J connectivity index is 1.45. The number of aryl methyl sites for hydroxylation is 1. The number of aromatic nitrogens is 1. The molecule has 0 spiro atoms. The maximum atomic E-state index is 13.4. The summed E-state index contributed by atoms with van der Waals surface area (Å²) in [7, 11) is 3.54. The Labute approximate surface area is 184 Å². The smallest absolute Gasteiger partial charge is 0.270 e. The summed E-state index contributed by atoms with van der Waals surface area (Å²) in [4.78, 5) is 30.1. The number of hydrogen-bond donors (Lipinski definition) is 1. The number of carbonyl (C=O) groups is 2. The SMILES string of the molecule is COc1ccc2cc(C(=O)N3CCN(C(=O)C(N)C4CCCCC4)C[C@@H]3C)n(C)c2c1. The summed E-state index contributed by atoms with van der Waals surface area (Å²) in [6.45, 7) is 3.60. The average Bonchev–Trinajstić information content (AvgIpc) is 3.13. The van der Waals surface area contributed by atoms with Gasteiger partial charge in [0.15, 0.2) is 0 Å². The van der Waals surface area contributed by atoms with Crippen LogP contribution in [0.25, 0.3) is 10.9 Å². The van der Waals surface area contributed by atoms with Crippen molar-refractivity contribution in [3.05, 3.63) is 30.0 Å². The third kappa shape index (κ3) is 4.15. The molecule has 7 nitrogen and oxygen atoms in total. The molecule has 2 heterocycles. The molecule has 2 amide bonds. The molecule has 1 aromatic heterocycles. The number of carbonyl (C=O) groups excluding carboxylic acids is 2. The summed E-state index contributed by atoms with van der Waals surface area (Å²) in [5.74, 6) is 1.10. The van der Waals surface area contributed by atoms with Crippen LogP contribution < -0.4 is 10.5 Å². The molecule has 2 fully saturated rings. The van der Waals surface area contributed by atoms with E-state index in [1.54, 1.807) is 7.11 Å². The monoisotopic (exact) mass is 426 g/mol. The van der Waals surface area contributed by atoms with E-state index in [9.17, 15) is 9.59 Å². The molecule has 0 bridgehead atoms. The van der Waals surface area contributed by atoms with Crippen LogP contribution >= 0.6 is 0 Å². The van der Waals surface area contributed by atoms with E-state index in [4.69, 9.17) is 10.5 Å². The van der Waals surface area contributed by atoms with Gasteiger partial charge in [-0.25, -0.2) is 0 Å². The fraction of sp³-hybridized carbons (Fsp3) is 0.583. The number of amides is 2. The summed E-state index contributed by atoms with van der Waals surface area (Å²) < 4.78 is 7.24. The second-order valence-corrected chi connectivity index (χ2v) is 9.07. The average molecular weight is 427 g/mol. The molecule has 1 aliphatic carbocycles. The van der Waals surface area contributed by atoms with Crippen LogP contribution in [0.1, 0.15) is 49.5 Å². The van der Waals surface area contributed by atoms with Crippen molar-refractivity contribution < 1.29 is 14.3 Å². The van der Waals surface area contributed by atoms with Gasteiger partial charge in [0.2, 0.25) is 5.91 Å². The van der Waals surface area contributed by atoms with Gasteiger partial charge in [-0.2, -0.15) is 0 Å². The van der Waals surface area contributed by atoms with Gasteiger partial charge in [0, 0.05) is 44.2 Å². The number of methoxy groups -OCH3 is 1. The lowest BCUT2D eigenvalue weighted by molar-refractivity contribution is -0.136. The van der Waals surface area contributed by atoms with Crippen molar-refractivity contribution in [3.63, 3.8) is 0 Å². The number of rotatable bonds is 4. The molecule has 0 radical (unpaired) electrons. The van der Waals surface area contributed by atoms with Gasteiger partial charge in [-0.3, -0.25) is 9.59 Å². The standard InChI is InChI=1S/C24H34N4O3/c1-16-15-27(24(30)22(25)17-7-5-4-6-8-17)11-12-28(16)23(29)21-13-18-9-10-19(31-3)14-20(18)26(21)2/h9-10,13-14,16-17,22H,4-8,11-12,15,25H2,1-3H3/t16-,22?/m0/s1. The first-order valence-corrected chi connectivity index (χ1v) is 11.4. The van der Waals surface area contributed by atoms with Crippen LogP contribution in [0.4, 0.5) is 0 Å². The number of hydrogen-bond acceptors (Lipinski definition) is 4. The Hall–Kier alpha value is -2.54. The maximum Gasteiger partial charge on any atom is 0.270 e. The highest BCUT2D eigenvalue weighted by Gasteiger charge is 2.35. The molecule has 1 aromatic carbocycles. The van der Waals surface area contributed by atoms with E-state index in [1.807, 2.05) is 52.6 Å². The minimum absolute atomic E-state index is 0.00570. The number of piperazine rings is 1. The summed E-state index contributed by atoms with van der Waals surface area (Å²) >= 11 is 0. The fourth-order valence-corrected chi connectivity index (χ4v) is 5.15. The molecule has 31 heavy (non-hydrogen) atoms. The van der Waals surface area contributed by atoms with E-state index in [0.717, 1.165) is 29.5 Å². The molecule has 168 valence electrons. The number of fused-ring (bicyclic) bond motifs is 1. The Bertz CT molecular complexity index is 963. The van der Waals surface area contributed by atoms with Gasteiger partial charge in [-0.05, 0) is 43.9 Å². The first-order chi connectivity index (χ1) is 14.9. The third-order valence-corrected chi connectivity index (χ3v) is 7.11. The van der Waals surface area contributed by atoms with E-state index in [-0.39, 0.29) is 17.9 Å². The van der Waals surface area contributed by atoms with Crippen molar-refractivity contribution in [2.45, 2.75) is 51.1 Å². The lowest BCUT2D eigenvalue weighted by atomic mass is 9.83.